The van der Waals surface area contributed by atoms with Crippen molar-refractivity contribution in [2.24, 2.45) is 0 Å². The number of pyridine rings is 1. The number of furan rings is 1. The van der Waals surface area contributed by atoms with Crippen molar-refractivity contribution in [2.45, 2.75) is 6.92 Å². The van der Waals surface area contributed by atoms with Gasteiger partial charge >= 0.3 is 0 Å². The van der Waals surface area contributed by atoms with Crippen LogP contribution < -0.4 is 5.73 Å². The van der Waals surface area contributed by atoms with Crippen LogP contribution in [-0.4, -0.2) is 4.40 Å². The number of hydrogen-bond donors (Lipinski definition) is 1. The summed E-state index contributed by atoms with van der Waals surface area (Å²) in [6, 6.07) is 8.04. The third-order valence-electron chi connectivity index (χ3n) is 2.55. The molecule has 0 fully saturated rings. The second-order valence-electron chi connectivity index (χ2n) is 3.43. The van der Waals surface area contributed by atoms with Crippen molar-refractivity contribution in [3.05, 3.63) is 36.2 Å². The number of rotatable bonds is 0. The van der Waals surface area contributed by atoms with Gasteiger partial charge in [0, 0.05) is 11.7 Å². The van der Waals surface area contributed by atoms with Crippen LogP contribution in [0.1, 0.15) is 5.76 Å². The van der Waals surface area contributed by atoms with Crippen LogP contribution in [0.5, 0.6) is 0 Å². The van der Waals surface area contributed by atoms with E-state index in [1.54, 1.807) is 0 Å². The molecule has 3 heteroatoms. The summed E-state index contributed by atoms with van der Waals surface area (Å²) in [6.45, 7) is 1.88. The van der Waals surface area contributed by atoms with Crippen LogP contribution in [0.25, 0.3) is 16.6 Å². The molecule has 2 N–H and O–H groups in total. The summed E-state index contributed by atoms with van der Waals surface area (Å²) in [5.41, 5.74) is 8.57. The Morgan fingerprint density at radius 2 is 2.21 bits per heavy atom. The largest absolute Gasteiger partial charge is 0.442 e. The van der Waals surface area contributed by atoms with Gasteiger partial charge in [-0.25, -0.2) is 0 Å². The van der Waals surface area contributed by atoms with Gasteiger partial charge in [0.05, 0.1) is 11.1 Å². The topological polar surface area (TPSA) is 43.6 Å². The van der Waals surface area contributed by atoms with Crippen molar-refractivity contribution < 1.29 is 4.42 Å². The van der Waals surface area contributed by atoms with Gasteiger partial charge in [-0.15, -0.1) is 0 Å². The molecule has 0 aliphatic rings. The quantitative estimate of drug-likeness (QED) is 0.586. The van der Waals surface area contributed by atoms with E-state index in [9.17, 15) is 0 Å². The molecule has 0 bridgehead atoms. The Labute approximate surface area is 80.7 Å². The van der Waals surface area contributed by atoms with Gasteiger partial charge in [-0.05, 0) is 25.1 Å². The molecule has 0 radical (unpaired) electrons. The summed E-state index contributed by atoms with van der Waals surface area (Å²) in [5.74, 6) is 0.785. The van der Waals surface area contributed by atoms with Crippen molar-refractivity contribution in [3.63, 3.8) is 0 Å². The van der Waals surface area contributed by atoms with Gasteiger partial charge in [0.1, 0.15) is 5.76 Å². The number of fused-ring (bicyclic) bond motifs is 3. The number of nitrogen functional groups attached to an aromatic ring is 1. The molecule has 14 heavy (non-hydrogen) atoms. The van der Waals surface area contributed by atoms with Crippen molar-refractivity contribution >= 4 is 22.3 Å². The fraction of sp³-hybridized carbons (Fsp3) is 0.0909. The van der Waals surface area contributed by atoms with E-state index in [2.05, 4.69) is 0 Å². The zero-order valence-corrected chi connectivity index (χ0v) is 7.82. The van der Waals surface area contributed by atoms with Crippen LogP contribution in [0.3, 0.4) is 0 Å². The average Bonchev–Trinajstić information content (AvgIpc) is 2.67. The molecule has 3 heterocycles. The summed E-state index contributed by atoms with van der Waals surface area (Å²) in [7, 11) is 0. The second-order valence-corrected chi connectivity index (χ2v) is 3.43. The number of nitrogens with two attached hydrogens (primary N) is 1. The second kappa shape index (κ2) is 2.32. The van der Waals surface area contributed by atoms with Crippen molar-refractivity contribution in [3.8, 4) is 0 Å². The van der Waals surface area contributed by atoms with Gasteiger partial charge in [0.15, 0.2) is 0 Å². The van der Waals surface area contributed by atoms with Gasteiger partial charge in [0.25, 0.3) is 0 Å². The SMILES string of the molecule is Cc1oc2c(cc3ccccn32)c1N. The molecule has 0 atom stereocenters. The Morgan fingerprint density at radius 3 is 3.07 bits per heavy atom. The first kappa shape index (κ1) is 7.50. The molecular weight excluding hydrogens is 176 g/mol. The maximum atomic E-state index is 5.90. The molecule has 0 aromatic carbocycles. The molecule has 70 valence electrons. The average molecular weight is 186 g/mol. The van der Waals surface area contributed by atoms with Gasteiger partial charge in [-0.1, -0.05) is 6.07 Å². The fourth-order valence-electron chi connectivity index (χ4n) is 1.79. The highest BCUT2D eigenvalue weighted by atomic mass is 16.3. The molecule has 0 spiro atoms. The summed E-state index contributed by atoms with van der Waals surface area (Å²) in [4.78, 5) is 0. The number of aromatic nitrogens is 1. The first-order valence-corrected chi connectivity index (χ1v) is 4.52. The van der Waals surface area contributed by atoms with E-state index in [-0.39, 0.29) is 0 Å². The van der Waals surface area contributed by atoms with E-state index in [1.165, 1.54) is 0 Å². The Morgan fingerprint density at radius 1 is 1.36 bits per heavy atom. The molecule has 3 nitrogen and oxygen atoms in total. The lowest BCUT2D eigenvalue weighted by Gasteiger charge is -1.92. The first-order chi connectivity index (χ1) is 6.77. The van der Waals surface area contributed by atoms with Crippen LogP contribution in [0.15, 0.2) is 34.9 Å². The minimum absolute atomic E-state index is 0.740. The molecule has 0 aliphatic heterocycles. The first-order valence-electron chi connectivity index (χ1n) is 4.52. The van der Waals surface area contributed by atoms with E-state index in [0.29, 0.717) is 0 Å². The van der Waals surface area contributed by atoms with Crippen LogP contribution in [0, 0.1) is 6.92 Å². The predicted octanol–water partition coefficient (Wildman–Crippen LogP) is 2.58. The zero-order chi connectivity index (χ0) is 9.71. The smallest absolute Gasteiger partial charge is 0.213 e. The standard InChI is InChI=1S/C11H10N2O/c1-7-10(12)9-6-8-4-2-3-5-13(8)11(9)14-7/h2-6H,12H2,1H3. The molecule has 3 aromatic heterocycles. The lowest BCUT2D eigenvalue weighted by Crippen LogP contribution is -1.82. The number of anilines is 1. The van der Waals surface area contributed by atoms with Crippen LogP contribution in [-0.2, 0) is 0 Å². The lowest BCUT2D eigenvalue weighted by atomic mass is 10.3. The van der Waals surface area contributed by atoms with E-state index < -0.39 is 0 Å². The van der Waals surface area contributed by atoms with Gasteiger partial charge in [0.2, 0.25) is 5.71 Å². The summed E-state index contributed by atoms with van der Waals surface area (Å²) >= 11 is 0. The van der Waals surface area contributed by atoms with Crippen molar-refractivity contribution in [1.82, 2.24) is 4.40 Å². The van der Waals surface area contributed by atoms with Crippen LogP contribution in [0.4, 0.5) is 5.69 Å². The lowest BCUT2D eigenvalue weighted by molar-refractivity contribution is 0.566. The molecule has 0 amide bonds. The Bertz CT molecular complexity index is 619. The molecule has 3 rings (SSSR count). The van der Waals surface area contributed by atoms with Gasteiger partial charge in [-0.2, -0.15) is 0 Å². The fourth-order valence-corrected chi connectivity index (χ4v) is 1.79. The Hall–Kier alpha value is -1.90. The third kappa shape index (κ3) is 0.763. The highest BCUT2D eigenvalue weighted by Gasteiger charge is 2.11. The predicted molar refractivity (Wildman–Crippen MR) is 56.3 cm³/mol. The van der Waals surface area contributed by atoms with Gasteiger partial charge < -0.3 is 10.2 Å². The Balaban J connectivity index is 2.60. The highest BCUT2D eigenvalue weighted by molar-refractivity contribution is 5.94. The van der Waals surface area contributed by atoms with E-state index >= 15 is 0 Å². The number of hydrogen-bond acceptors (Lipinski definition) is 2. The summed E-state index contributed by atoms with van der Waals surface area (Å²) < 4.78 is 7.59. The highest BCUT2D eigenvalue weighted by Crippen LogP contribution is 2.30. The summed E-state index contributed by atoms with van der Waals surface area (Å²) in [5, 5.41) is 0.994. The molecule has 0 aliphatic carbocycles. The maximum Gasteiger partial charge on any atom is 0.213 e. The minimum atomic E-state index is 0.740. The van der Waals surface area contributed by atoms with Gasteiger partial charge in [-0.3, -0.25) is 4.40 Å². The monoisotopic (exact) mass is 186 g/mol. The van der Waals surface area contributed by atoms with Crippen molar-refractivity contribution in [2.75, 3.05) is 5.73 Å². The Kier molecular flexibility index (Phi) is 1.24. The molecule has 0 unspecified atom stereocenters. The van der Waals surface area contributed by atoms with Crippen LogP contribution in [0.2, 0.25) is 0 Å². The van der Waals surface area contributed by atoms with Crippen molar-refractivity contribution in [1.29, 1.82) is 0 Å². The molecular formula is C11H10N2O. The minimum Gasteiger partial charge on any atom is -0.442 e. The summed E-state index contributed by atoms with van der Waals surface area (Å²) in [6.07, 6.45) is 1.97. The third-order valence-corrected chi connectivity index (χ3v) is 2.55. The number of aryl methyl sites for hydroxylation is 1. The normalized spacial score (nSPS) is 11.5. The zero-order valence-electron chi connectivity index (χ0n) is 7.82. The molecule has 0 saturated heterocycles. The van der Waals surface area contributed by atoms with E-state index in [0.717, 1.165) is 28.1 Å². The molecule has 3 aromatic rings. The van der Waals surface area contributed by atoms with Crippen LogP contribution >= 0.6 is 0 Å². The molecule has 0 saturated carbocycles. The van der Waals surface area contributed by atoms with E-state index in [4.69, 9.17) is 10.2 Å². The van der Waals surface area contributed by atoms with E-state index in [1.807, 2.05) is 41.8 Å². The number of nitrogens with zero attached hydrogens (tertiary/aromatic N) is 1. The maximum absolute atomic E-state index is 5.90.